The molecule has 0 saturated carbocycles. The van der Waals surface area contributed by atoms with Crippen molar-refractivity contribution >= 4 is 0 Å². The summed E-state index contributed by atoms with van der Waals surface area (Å²) in [6.45, 7) is 13.3. The van der Waals surface area contributed by atoms with Crippen molar-refractivity contribution in [2.75, 3.05) is 0 Å². The summed E-state index contributed by atoms with van der Waals surface area (Å²) >= 11 is 0. The third-order valence-electron chi connectivity index (χ3n) is 2.65. The molecule has 0 N–H and O–H groups in total. The Balaban J connectivity index is 0. The molecule has 0 spiro atoms. The molecule has 0 aliphatic rings. The molecule has 0 heteroatoms. The normalized spacial score (nSPS) is 12.2. The summed E-state index contributed by atoms with van der Waals surface area (Å²) in [5.41, 5.74) is 0. The van der Waals surface area contributed by atoms with Crippen LogP contribution in [0.1, 0.15) is 73.6 Å². The van der Waals surface area contributed by atoms with Crippen molar-refractivity contribution in [3.8, 4) is 0 Å². The van der Waals surface area contributed by atoms with Gasteiger partial charge >= 0.3 is 0 Å². The van der Waals surface area contributed by atoms with Gasteiger partial charge in [-0.3, -0.25) is 0 Å². The lowest BCUT2D eigenvalue weighted by Crippen LogP contribution is -2.03. The Labute approximate surface area is 86.1 Å². The fourth-order valence-electron chi connectivity index (χ4n) is 1.23. The molecule has 0 aliphatic heterocycles. The van der Waals surface area contributed by atoms with Crippen molar-refractivity contribution in [2.45, 2.75) is 73.6 Å². The van der Waals surface area contributed by atoms with E-state index in [9.17, 15) is 0 Å². The minimum atomic E-state index is 0.872. The number of rotatable bonds is 6. The van der Waals surface area contributed by atoms with Gasteiger partial charge in [-0.1, -0.05) is 73.6 Å². The van der Waals surface area contributed by atoms with Crippen molar-refractivity contribution in [2.24, 2.45) is 11.8 Å². The molecule has 1 unspecified atom stereocenters. The molecule has 0 amide bonds. The molecule has 0 aliphatic carbocycles. The second kappa shape index (κ2) is 12.0. The van der Waals surface area contributed by atoms with Crippen LogP contribution in [-0.4, -0.2) is 0 Å². The van der Waals surface area contributed by atoms with E-state index < -0.39 is 0 Å². The van der Waals surface area contributed by atoms with E-state index >= 15 is 0 Å². The van der Waals surface area contributed by atoms with Gasteiger partial charge in [0.25, 0.3) is 0 Å². The Morgan fingerprint density at radius 1 is 0.846 bits per heavy atom. The summed E-state index contributed by atoms with van der Waals surface area (Å²) < 4.78 is 0. The number of hydrogen-bond acceptors (Lipinski definition) is 0. The molecule has 0 radical (unpaired) electrons. The molecule has 0 fully saturated rings. The van der Waals surface area contributed by atoms with E-state index in [0.717, 1.165) is 11.8 Å². The van der Waals surface area contributed by atoms with Crippen molar-refractivity contribution in [1.29, 1.82) is 0 Å². The van der Waals surface area contributed by atoms with Crippen LogP contribution >= 0.6 is 0 Å². The minimum absolute atomic E-state index is 0.872. The summed E-state index contributed by atoms with van der Waals surface area (Å²) in [5, 5.41) is 0. The van der Waals surface area contributed by atoms with E-state index in [2.05, 4.69) is 27.7 Å². The average molecular weight is 186 g/mol. The highest BCUT2D eigenvalue weighted by Gasteiger charge is 2.05. The van der Waals surface area contributed by atoms with Crippen molar-refractivity contribution < 1.29 is 0 Å². The number of hydrogen-bond donors (Lipinski definition) is 0. The quantitative estimate of drug-likeness (QED) is 0.495. The standard InChI is InChI=1S/C11H24.C2H6/c1-5-6-7-8-9-11(4)10(2)3;1-2/h10-11H,5-9H2,1-4H3;1-2H3. The van der Waals surface area contributed by atoms with E-state index in [1.807, 2.05) is 13.8 Å². The Hall–Kier alpha value is 0. The highest BCUT2D eigenvalue weighted by molar-refractivity contribution is 4.56. The third kappa shape index (κ3) is 12.0. The summed E-state index contributed by atoms with van der Waals surface area (Å²) in [4.78, 5) is 0. The molecule has 0 aromatic rings. The summed E-state index contributed by atoms with van der Waals surface area (Å²) in [5.74, 6) is 1.79. The fourth-order valence-corrected chi connectivity index (χ4v) is 1.23. The molecule has 0 heterocycles. The second-order valence-electron chi connectivity index (χ2n) is 4.07. The van der Waals surface area contributed by atoms with E-state index in [1.165, 1.54) is 32.1 Å². The van der Waals surface area contributed by atoms with Gasteiger partial charge in [-0.05, 0) is 11.8 Å². The topological polar surface area (TPSA) is 0 Å². The lowest BCUT2D eigenvalue weighted by Gasteiger charge is -2.14. The van der Waals surface area contributed by atoms with E-state index in [4.69, 9.17) is 0 Å². The monoisotopic (exact) mass is 186 g/mol. The van der Waals surface area contributed by atoms with Crippen LogP contribution in [0.2, 0.25) is 0 Å². The maximum atomic E-state index is 2.37. The summed E-state index contributed by atoms with van der Waals surface area (Å²) in [6.07, 6.45) is 7.08. The van der Waals surface area contributed by atoms with Crippen LogP contribution < -0.4 is 0 Å². The van der Waals surface area contributed by atoms with Crippen LogP contribution in [0.4, 0.5) is 0 Å². The van der Waals surface area contributed by atoms with Crippen molar-refractivity contribution in [3.63, 3.8) is 0 Å². The van der Waals surface area contributed by atoms with Gasteiger partial charge in [0.15, 0.2) is 0 Å². The Bertz CT molecular complexity index is 74.1. The molecule has 1 atom stereocenters. The fraction of sp³-hybridized carbons (Fsp3) is 1.00. The van der Waals surface area contributed by atoms with Gasteiger partial charge in [0.1, 0.15) is 0 Å². The van der Waals surface area contributed by atoms with E-state index in [1.54, 1.807) is 0 Å². The first-order valence-corrected chi connectivity index (χ1v) is 6.18. The lowest BCUT2D eigenvalue weighted by molar-refractivity contribution is 0.376. The van der Waals surface area contributed by atoms with Gasteiger partial charge in [0.05, 0.1) is 0 Å². The molecule has 82 valence electrons. The highest BCUT2D eigenvalue weighted by Crippen LogP contribution is 2.17. The van der Waals surface area contributed by atoms with Crippen molar-refractivity contribution in [1.82, 2.24) is 0 Å². The Kier molecular flexibility index (Phi) is 14.3. The van der Waals surface area contributed by atoms with Gasteiger partial charge in [-0.25, -0.2) is 0 Å². The Morgan fingerprint density at radius 3 is 1.77 bits per heavy atom. The number of unbranched alkanes of at least 4 members (excludes halogenated alkanes) is 3. The molecule has 13 heavy (non-hydrogen) atoms. The van der Waals surface area contributed by atoms with Crippen molar-refractivity contribution in [3.05, 3.63) is 0 Å². The molecule has 0 saturated heterocycles. The summed E-state index contributed by atoms with van der Waals surface area (Å²) in [7, 11) is 0. The van der Waals surface area contributed by atoms with Gasteiger partial charge in [0, 0.05) is 0 Å². The Morgan fingerprint density at radius 2 is 1.38 bits per heavy atom. The smallest absolute Gasteiger partial charge is 0.0420 e. The molecule has 0 aromatic heterocycles. The molecule has 0 nitrogen and oxygen atoms in total. The minimum Gasteiger partial charge on any atom is -0.0683 e. The van der Waals surface area contributed by atoms with Crippen LogP contribution in [0.15, 0.2) is 0 Å². The van der Waals surface area contributed by atoms with Gasteiger partial charge in [-0.15, -0.1) is 0 Å². The van der Waals surface area contributed by atoms with Crippen LogP contribution in [0.5, 0.6) is 0 Å². The summed E-state index contributed by atoms with van der Waals surface area (Å²) in [6, 6.07) is 0. The predicted molar refractivity (Wildman–Crippen MR) is 64.1 cm³/mol. The van der Waals surface area contributed by atoms with Crippen LogP contribution in [-0.2, 0) is 0 Å². The van der Waals surface area contributed by atoms with Crippen LogP contribution in [0.3, 0.4) is 0 Å². The molecular formula is C13H30. The third-order valence-corrected chi connectivity index (χ3v) is 2.65. The van der Waals surface area contributed by atoms with Crippen LogP contribution in [0, 0.1) is 11.8 Å². The highest BCUT2D eigenvalue weighted by atomic mass is 14.1. The molecule has 0 rings (SSSR count). The predicted octanol–water partition coefficient (Wildman–Crippen LogP) is 5.28. The first kappa shape index (κ1) is 15.5. The van der Waals surface area contributed by atoms with Gasteiger partial charge < -0.3 is 0 Å². The largest absolute Gasteiger partial charge is 0.0683 e. The average Bonchev–Trinajstić information content (AvgIpc) is 2.15. The molecule has 0 bridgehead atoms. The zero-order chi connectivity index (χ0) is 10.7. The van der Waals surface area contributed by atoms with Gasteiger partial charge in [-0.2, -0.15) is 0 Å². The molecule has 0 aromatic carbocycles. The zero-order valence-electron chi connectivity index (χ0n) is 10.7. The SMILES string of the molecule is CC.CCCCCCC(C)C(C)C. The maximum absolute atomic E-state index is 2.37. The first-order chi connectivity index (χ1) is 6.18. The second-order valence-corrected chi connectivity index (χ2v) is 4.07. The van der Waals surface area contributed by atoms with E-state index in [-0.39, 0.29) is 0 Å². The first-order valence-electron chi connectivity index (χ1n) is 6.18. The lowest BCUT2D eigenvalue weighted by atomic mass is 9.92. The van der Waals surface area contributed by atoms with Crippen LogP contribution in [0.25, 0.3) is 0 Å². The maximum Gasteiger partial charge on any atom is -0.0420 e. The zero-order valence-corrected chi connectivity index (χ0v) is 10.7. The van der Waals surface area contributed by atoms with E-state index in [0.29, 0.717) is 0 Å². The molecular weight excluding hydrogens is 156 g/mol. The van der Waals surface area contributed by atoms with Gasteiger partial charge in [0.2, 0.25) is 0 Å².